The molecule has 2 aromatic heterocycles. The van der Waals surface area contributed by atoms with Crippen LogP contribution in [-0.2, 0) is 9.59 Å². The number of nitrogens with one attached hydrogen (secondary N) is 1. The molecule has 2 aromatic carbocycles. The average Bonchev–Trinajstić information content (AvgIpc) is 3.32. The molecular weight excluding hydrogens is 380 g/mol. The number of thioether (sulfide) groups is 1. The van der Waals surface area contributed by atoms with Crippen LogP contribution in [0.15, 0.2) is 53.0 Å². The van der Waals surface area contributed by atoms with Gasteiger partial charge in [0.1, 0.15) is 5.25 Å². The van der Waals surface area contributed by atoms with Crippen LogP contribution in [0.2, 0.25) is 0 Å². The molecule has 134 valence electrons. The van der Waals surface area contributed by atoms with Crippen LogP contribution in [0.5, 0.6) is 0 Å². The zero-order valence-electron chi connectivity index (χ0n) is 14.0. The lowest BCUT2D eigenvalue weighted by Gasteiger charge is -2.14. The minimum absolute atomic E-state index is 0.171. The number of imide groups is 1. The molecule has 2 amide bonds. The molecule has 0 saturated carbocycles. The van der Waals surface area contributed by atoms with Gasteiger partial charge in [-0.2, -0.15) is 0 Å². The quantitative estimate of drug-likeness (QED) is 0.407. The molecule has 3 heterocycles. The van der Waals surface area contributed by atoms with Crippen LogP contribution in [-0.4, -0.2) is 27.0 Å². The summed E-state index contributed by atoms with van der Waals surface area (Å²) in [5, 5.41) is 0.576. The first-order valence-electron chi connectivity index (χ1n) is 8.35. The van der Waals surface area contributed by atoms with E-state index in [-0.39, 0.29) is 18.2 Å². The number of carbonyl (C=O) groups is 2. The minimum Gasteiger partial charge on any atom is -0.399 e. The summed E-state index contributed by atoms with van der Waals surface area (Å²) in [5.74, 6) is -0.386. The molecule has 0 spiro atoms. The van der Waals surface area contributed by atoms with E-state index in [4.69, 9.17) is 5.73 Å². The van der Waals surface area contributed by atoms with Crippen LogP contribution in [0.3, 0.4) is 0 Å². The number of hydrogen-bond acceptors (Lipinski definition) is 6. The van der Waals surface area contributed by atoms with Crippen LogP contribution < -0.4 is 10.6 Å². The number of nitrogen functional groups attached to an aromatic ring is 1. The van der Waals surface area contributed by atoms with Crippen molar-refractivity contribution in [2.75, 3.05) is 10.6 Å². The second kappa shape index (κ2) is 6.11. The van der Waals surface area contributed by atoms with Crippen molar-refractivity contribution < 1.29 is 9.59 Å². The third-order valence-electron chi connectivity index (χ3n) is 4.54. The number of fused-ring (bicyclic) bond motifs is 2. The fourth-order valence-electron chi connectivity index (χ4n) is 3.23. The number of anilines is 2. The summed E-state index contributed by atoms with van der Waals surface area (Å²) < 4.78 is 1.74. The zero-order chi connectivity index (χ0) is 18.5. The Hall–Kier alpha value is -2.84. The van der Waals surface area contributed by atoms with Gasteiger partial charge in [-0.15, -0.1) is 11.3 Å². The van der Waals surface area contributed by atoms with Crippen molar-refractivity contribution in [3.05, 3.63) is 48.7 Å². The van der Waals surface area contributed by atoms with E-state index in [1.807, 2.05) is 36.5 Å². The van der Waals surface area contributed by atoms with Crippen molar-refractivity contribution in [2.45, 2.75) is 16.0 Å². The maximum Gasteiger partial charge on any atom is 0.247 e. The number of rotatable bonds is 3. The molecule has 1 unspecified atom stereocenters. The molecule has 1 aliphatic rings. The summed E-state index contributed by atoms with van der Waals surface area (Å²) in [7, 11) is 0. The number of aromatic nitrogens is 2. The van der Waals surface area contributed by atoms with Crippen LogP contribution >= 0.6 is 23.1 Å². The third kappa shape index (κ3) is 2.77. The van der Waals surface area contributed by atoms with Crippen molar-refractivity contribution in [1.82, 2.24) is 9.97 Å². The summed E-state index contributed by atoms with van der Waals surface area (Å²) in [4.78, 5) is 34.4. The summed E-state index contributed by atoms with van der Waals surface area (Å²) >= 11 is 2.83. The van der Waals surface area contributed by atoms with Gasteiger partial charge in [-0.05, 0) is 41.8 Å². The third-order valence-corrected chi connectivity index (χ3v) is 6.84. The Labute approximate surface area is 162 Å². The van der Waals surface area contributed by atoms with Gasteiger partial charge in [-0.3, -0.25) is 9.59 Å². The molecular formula is C19H14N4O2S2. The van der Waals surface area contributed by atoms with Crippen LogP contribution in [0.1, 0.15) is 6.42 Å². The molecule has 1 saturated heterocycles. The van der Waals surface area contributed by atoms with Crippen molar-refractivity contribution in [2.24, 2.45) is 0 Å². The maximum atomic E-state index is 12.9. The SMILES string of the molecule is Nc1ccc2nc(SC3CC(=O)N(c4ccc5cc[nH]c5c4)C3=O)sc2c1. The molecule has 0 radical (unpaired) electrons. The van der Waals surface area contributed by atoms with E-state index in [9.17, 15) is 9.59 Å². The van der Waals surface area contributed by atoms with E-state index in [0.717, 1.165) is 25.5 Å². The van der Waals surface area contributed by atoms with E-state index < -0.39 is 5.25 Å². The van der Waals surface area contributed by atoms with Gasteiger partial charge in [0.2, 0.25) is 11.8 Å². The minimum atomic E-state index is -0.463. The fourth-order valence-corrected chi connectivity index (χ4v) is 5.62. The molecule has 5 rings (SSSR count). The number of nitrogens with two attached hydrogens (primary N) is 1. The molecule has 0 aliphatic carbocycles. The molecule has 1 fully saturated rings. The first-order chi connectivity index (χ1) is 13.1. The lowest BCUT2D eigenvalue weighted by atomic mass is 10.2. The first-order valence-corrected chi connectivity index (χ1v) is 10.0. The largest absolute Gasteiger partial charge is 0.399 e. The predicted molar refractivity (Wildman–Crippen MR) is 109 cm³/mol. The van der Waals surface area contributed by atoms with Crippen molar-refractivity contribution in [3.63, 3.8) is 0 Å². The lowest BCUT2D eigenvalue weighted by molar-refractivity contribution is -0.121. The number of thiazole rings is 1. The Bertz CT molecular complexity index is 1210. The standard InChI is InChI=1S/C19H14N4O2S2/c20-11-2-4-13-15(7-11)26-19(22-13)27-16-9-17(24)23(18(16)25)12-3-1-10-5-6-21-14(10)8-12/h1-8,16,21H,9,20H2. The summed E-state index contributed by atoms with van der Waals surface area (Å²) in [5.41, 5.74) is 8.84. The Morgan fingerprint density at radius 1 is 1.19 bits per heavy atom. The fraction of sp³-hybridized carbons (Fsp3) is 0.105. The van der Waals surface area contributed by atoms with Gasteiger partial charge < -0.3 is 10.7 Å². The summed E-state index contributed by atoms with van der Waals surface area (Å²) in [6, 6.07) is 13.0. The average molecular weight is 394 g/mol. The summed E-state index contributed by atoms with van der Waals surface area (Å²) in [6.45, 7) is 0. The van der Waals surface area contributed by atoms with Gasteiger partial charge in [-0.1, -0.05) is 17.8 Å². The second-order valence-electron chi connectivity index (χ2n) is 6.33. The highest BCUT2D eigenvalue weighted by Crippen LogP contribution is 2.38. The Morgan fingerprint density at radius 2 is 2.07 bits per heavy atom. The van der Waals surface area contributed by atoms with Gasteiger partial charge in [0.05, 0.1) is 15.9 Å². The molecule has 27 heavy (non-hydrogen) atoms. The van der Waals surface area contributed by atoms with Crippen molar-refractivity contribution >= 4 is 67.4 Å². The van der Waals surface area contributed by atoms with Crippen LogP contribution in [0.25, 0.3) is 21.1 Å². The van der Waals surface area contributed by atoms with Gasteiger partial charge in [0, 0.05) is 23.8 Å². The lowest BCUT2D eigenvalue weighted by Crippen LogP contribution is -2.31. The van der Waals surface area contributed by atoms with Gasteiger partial charge >= 0.3 is 0 Å². The van der Waals surface area contributed by atoms with Crippen LogP contribution in [0, 0.1) is 0 Å². The Kier molecular flexibility index (Phi) is 3.70. The molecule has 3 N–H and O–H groups in total. The highest BCUT2D eigenvalue weighted by atomic mass is 32.2. The predicted octanol–water partition coefficient (Wildman–Crippen LogP) is 3.78. The highest BCUT2D eigenvalue weighted by Gasteiger charge is 2.40. The monoisotopic (exact) mass is 394 g/mol. The van der Waals surface area contributed by atoms with E-state index in [1.54, 1.807) is 12.1 Å². The normalized spacial score (nSPS) is 17.5. The summed E-state index contributed by atoms with van der Waals surface area (Å²) in [6.07, 6.45) is 2.00. The number of hydrogen-bond donors (Lipinski definition) is 2. The van der Waals surface area contributed by atoms with Gasteiger partial charge in [0.15, 0.2) is 4.34 Å². The number of carbonyl (C=O) groups excluding carboxylic acids is 2. The Balaban J connectivity index is 1.42. The highest BCUT2D eigenvalue weighted by molar-refractivity contribution is 8.02. The molecule has 8 heteroatoms. The first kappa shape index (κ1) is 16.3. The number of amides is 2. The number of nitrogens with zero attached hydrogens (tertiary/aromatic N) is 2. The number of H-pyrrole nitrogens is 1. The molecule has 1 atom stereocenters. The molecule has 0 bridgehead atoms. The molecule has 1 aliphatic heterocycles. The topological polar surface area (TPSA) is 92.1 Å². The van der Waals surface area contributed by atoms with Gasteiger partial charge in [0.25, 0.3) is 0 Å². The second-order valence-corrected chi connectivity index (χ2v) is 8.81. The smallest absolute Gasteiger partial charge is 0.247 e. The van der Waals surface area contributed by atoms with Crippen LogP contribution in [0.4, 0.5) is 11.4 Å². The van der Waals surface area contributed by atoms with E-state index in [0.29, 0.717) is 11.4 Å². The van der Waals surface area contributed by atoms with Crippen molar-refractivity contribution in [3.8, 4) is 0 Å². The zero-order valence-corrected chi connectivity index (χ0v) is 15.6. The van der Waals surface area contributed by atoms with E-state index in [1.165, 1.54) is 28.0 Å². The van der Waals surface area contributed by atoms with E-state index >= 15 is 0 Å². The van der Waals surface area contributed by atoms with Gasteiger partial charge in [-0.25, -0.2) is 9.88 Å². The number of benzene rings is 2. The number of aromatic amines is 1. The maximum absolute atomic E-state index is 12.9. The Morgan fingerprint density at radius 3 is 2.96 bits per heavy atom. The molecule has 4 aromatic rings. The van der Waals surface area contributed by atoms with E-state index in [2.05, 4.69) is 9.97 Å². The molecule has 6 nitrogen and oxygen atoms in total. The van der Waals surface area contributed by atoms with Crippen molar-refractivity contribution in [1.29, 1.82) is 0 Å².